The monoisotopic (exact) mass is 617 g/mol. The molecule has 252 valence electrons. The first kappa shape index (κ1) is 42.1. The fourth-order valence-electron chi connectivity index (χ4n) is 4.83. The van der Waals surface area contributed by atoms with Gasteiger partial charge in [0.2, 0.25) is 0 Å². The SMILES string of the molecule is CCCCC=CC=CC=CC=CC(CC=CCCC=CC=CC=CC=CCCCCCCCCCCCCCCCC)C(=O)O. The lowest BCUT2D eigenvalue weighted by atomic mass is 10.0. The minimum atomic E-state index is -0.790. The van der Waals surface area contributed by atoms with Gasteiger partial charge in [-0.15, -0.1) is 0 Å². The number of hydrogen-bond acceptors (Lipinski definition) is 1. The van der Waals surface area contributed by atoms with Crippen LogP contribution < -0.4 is 0 Å². The highest BCUT2D eigenvalue weighted by molar-refractivity contribution is 5.72. The molecule has 0 aliphatic carbocycles. The summed E-state index contributed by atoms with van der Waals surface area (Å²) >= 11 is 0. The summed E-state index contributed by atoms with van der Waals surface area (Å²) in [6.07, 6.45) is 63.3. The zero-order valence-electron chi connectivity index (χ0n) is 29.2. The topological polar surface area (TPSA) is 37.3 Å². The van der Waals surface area contributed by atoms with Crippen molar-refractivity contribution in [2.75, 3.05) is 0 Å². The van der Waals surface area contributed by atoms with Crippen LogP contribution in [0.25, 0.3) is 0 Å². The van der Waals surface area contributed by atoms with Crippen molar-refractivity contribution in [3.05, 3.63) is 109 Å². The van der Waals surface area contributed by atoms with Crippen LogP contribution in [0.5, 0.6) is 0 Å². The van der Waals surface area contributed by atoms with Gasteiger partial charge in [-0.2, -0.15) is 0 Å². The van der Waals surface area contributed by atoms with E-state index in [1.807, 2.05) is 36.5 Å². The van der Waals surface area contributed by atoms with Gasteiger partial charge in [0.15, 0.2) is 0 Å². The number of aliphatic carboxylic acids is 1. The number of carbonyl (C=O) groups is 1. The van der Waals surface area contributed by atoms with Crippen LogP contribution in [-0.2, 0) is 4.79 Å². The highest BCUT2D eigenvalue weighted by atomic mass is 16.4. The molecule has 0 aromatic heterocycles. The summed E-state index contributed by atoms with van der Waals surface area (Å²) in [6.45, 7) is 4.48. The molecule has 0 aromatic rings. The maximum atomic E-state index is 11.5. The molecule has 0 saturated heterocycles. The average molecular weight is 617 g/mol. The van der Waals surface area contributed by atoms with E-state index in [1.165, 1.54) is 109 Å². The van der Waals surface area contributed by atoms with Crippen LogP contribution in [0.1, 0.15) is 149 Å². The molecule has 2 nitrogen and oxygen atoms in total. The molecular formula is C43H68O2. The van der Waals surface area contributed by atoms with Gasteiger partial charge in [0.05, 0.1) is 5.92 Å². The van der Waals surface area contributed by atoms with Gasteiger partial charge in [-0.05, 0) is 38.5 Å². The minimum Gasteiger partial charge on any atom is -0.481 e. The second kappa shape index (κ2) is 37.3. The molecule has 1 unspecified atom stereocenters. The molecule has 0 aliphatic rings. The largest absolute Gasteiger partial charge is 0.481 e. The Kier molecular flexibility index (Phi) is 34.9. The summed E-state index contributed by atoms with van der Waals surface area (Å²) in [7, 11) is 0. The van der Waals surface area contributed by atoms with Gasteiger partial charge >= 0.3 is 5.97 Å². The zero-order valence-corrected chi connectivity index (χ0v) is 29.2. The zero-order chi connectivity index (χ0) is 32.7. The third kappa shape index (κ3) is 35.5. The van der Waals surface area contributed by atoms with E-state index in [9.17, 15) is 9.90 Å². The second-order valence-corrected chi connectivity index (χ2v) is 12.0. The first-order valence-electron chi connectivity index (χ1n) is 18.4. The lowest BCUT2D eigenvalue weighted by Gasteiger charge is -2.02. The van der Waals surface area contributed by atoms with E-state index in [0.29, 0.717) is 6.42 Å². The van der Waals surface area contributed by atoms with E-state index in [4.69, 9.17) is 0 Å². The van der Waals surface area contributed by atoms with Crippen LogP contribution in [0.2, 0.25) is 0 Å². The molecule has 1 atom stereocenters. The van der Waals surface area contributed by atoms with E-state index < -0.39 is 11.9 Å². The van der Waals surface area contributed by atoms with Crippen LogP contribution >= 0.6 is 0 Å². The molecule has 0 spiro atoms. The van der Waals surface area contributed by atoms with Crippen LogP contribution in [0.15, 0.2) is 109 Å². The van der Waals surface area contributed by atoms with Crippen molar-refractivity contribution in [2.45, 2.75) is 149 Å². The van der Waals surface area contributed by atoms with E-state index in [0.717, 1.165) is 19.3 Å². The standard InChI is InChI=1S/C43H68O2/c1-3-5-7-9-11-13-15-16-17-18-19-20-21-22-23-24-25-26-27-28-29-30-31-33-35-37-39-41-42(43(44)45)40-38-36-34-32-14-12-10-8-6-4-2/h10,12,14,24-32,34,36-40,42H,3-9,11,13,15-23,33,35,41H2,1-2H3,(H,44,45). The summed E-state index contributed by atoms with van der Waals surface area (Å²) in [6, 6.07) is 0. The number of rotatable bonds is 31. The van der Waals surface area contributed by atoms with Gasteiger partial charge in [0, 0.05) is 0 Å². The number of hydrogen-bond donors (Lipinski definition) is 1. The van der Waals surface area contributed by atoms with Crippen molar-refractivity contribution in [3.8, 4) is 0 Å². The van der Waals surface area contributed by atoms with Crippen molar-refractivity contribution in [3.63, 3.8) is 0 Å². The smallest absolute Gasteiger partial charge is 0.310 e. The molecule has 0 heterocycles. The van der Waals surface area contributed by atoms with Crippen LogP contribution in [0.4, 0.5) is 0 Å². The van der Waals surface area contributed by atoms with Gasteiger partial charge < -0.3 is 5.11 Å². The van der Waals surface area contributed by atoms with Crippen molar-refractivity contribution in [2.24, 2.45) is 5.92 Å². The summed E-state index contributed by atoms with van der Waals surface area (Å²) in [4.78, 5) is 11.5. The van der Waals surface area contributed by atoms with Crippen molar-refractivity contribution in [1.82, 2.24) is 0 Å². The van der Waals surface area contributed by atoms with E-state index in [-0.39, 0.29) is 0 Å². The summed E-state index contributed by atoms with van der Waals surface area (Å²) in [5, 5.41) is 9.45. The second-order valence-electron chi connectivity index (χ2n) is 12.0. The molecule has 1 N–H and O–H groups in total. The number of allylic oxidation sites excluding steroid dienone is 17. The summed E-state index contributed by atoms with van der Waals surface area (Å²) in [5.74, 6) is -1.29. The third-order valence-corrected chi connectivity index (χ3v) is 7.69. The van der Waals surface area contributed by atoms with Crippen LogP contribution in [-0.4, -0.2) is 11.1 Å². The van der Waals surface area contributed by atoms with Crippen LogP contribution in [0.3, 0.4) is 0 Å². The van der Waals surface area contributed by atoms with Crippen molar-refractivity contribution < 1.29 is 9.90 Å². The highest BCUT2D eigenvalue weighted by Crippen LogP contribution is 2.13. The van der Waals surface area contributed by atoms with Gasteiger partial charge in [0.1, 0.15) is 0 Å². The quantitative estimate of drug-likeness (QED) is 0.0478. The van der Waals surface area contributed by atoms with E-state index in [1.54, 1.807) is 6.08 Å². The normalized spacial score (nSPS) is 13.8. The molecule has 0 saturated carbocycles. The molecule has 0 aromatic carbocycles. The molecule has 0 rings (SSSR count). The first-order valence-corrected chi connectivity index (χ1v) is 18.4. The predicted octanol–water partition coefficient (Wildman–Crippen LogP) is 13.9. The Labute approximate surface area is 279 Å². The Morgan fingerprint density at radius 3 is 1.29 bits per heavy atom. The molecule has 0 amide bonds. The van der Waals surface area contributed by atoms with Gasteiger partial charge in [0.25, 0.3) is 0 Å². The van der Waals surface area contributed by atoms with Crippen molar-refractivity contribution >= 4 is 5.97 Å². The Morgan fingerprint density at radius 2 is 0.800 bits per heavy atom. The molecule has 0 aliphatic heterocycles. The molecule has 2 heteroatoms. The Morgan fingerprint density at radius 1 is 0.422 bits per heavy atom. The van der Waals surface area contributed by atoms with Crippen LogP contribution in [0, 0.1) is 5.92 Å². The van der Waals surface area contributed by atoms with E-state index in [2.05, 4.69) is 80.7 Å². The Hall–Kier alpha value is -2.87. The number of unbranched alkanes of at least 4 members (excludes halogenated alkanes) is 17. The lowest BCUT2D eigenvalue weighted by Crippen LogP contribution is -2.09. The number of carboxylic acid groups (broad SMARTS) is 1. The minimum absolute atomic E-state index is 0.498. The lowest BCUT2D eigenvalue weighted by molar-refractivity contribution is -0.139. The molecule has 0 radical (unpaired) electrons. The maximum absolute atomic E-state index is 11.5. The van der Waals surface area contributed by atoms with E-state index >= 15 is 0 Å². The Balaban J connectivity index is 3.78. The average Bonchev–Trinajstić information content (AvgIpc) is 3.04. The Bertz CT molecular complexity index is 906. The number of carboxylic acids is 1. The van der Waals surface area contributed by atoms with Crippen molar-refractivity contribution in [1.29, 1.82) is 0 Å². The molecule has 0 fully saturated rings. The predicted molar refractivity (Wildman–Crippen MR) is 202 cm³/mol. The third-order valence-electron chi connectivity index (χ3n) is 7.69. The fraction of sp³-hybridized carbons (Fsp3) is 0.558. The van der Waals surface area contributed by atoms with Gasteiger partial charge in [-0.1, -0.05) is 220 Å². The fourth-order valence-corrected chi connectivity index (χ4v) is 4.83. The molecule has 45 heavy (non-hydrogen) atoms. The summed E-state index contributed by atoms with van der Waals surface area (Å²) < 4.78 is 0. The van der Waals surface area contributed by atoms with Gasteiger partial charge in [-0.25, -0.2) is 0 Å². The molecular weight excluding hydrogens is 548 g/mol. The summed E-state index contributed by atoms with van der Waals surface area (Å²) in [5.41, 5.74) is 0. The highest BCUT2D eigenvalue weighted by Gasteiger charge is 2.10. The molecule has 0 bridgehead atoms. The van der Waals surface area contributed by atoms with Gasteiger partial charge in [-0.3, -0.25) is 4.79 Å². The maximum Gasteiger partial charge on any atom is 0.310 e. The first-order chi connectivity index (χ1) is 22.2.